The van der Waals surface area contributed by atoms with Crippen molar-refractivity contribution in [2.75, 3.05) is 19.1 Å². The highest BCUT2D eigenvalue weighted by Crippen LogP contribution is 2.34. The second-order valence-electron chi connectivity index (χ2n) is 2.86. The molecule has 0 aliphatic carbocycles. The highest BCUT2D eigenvalue weighted by Gasteiger charge is 2.35. The molecule has 0 saturated carbocycles. The summed E-state index contributed by atoms with van der Waals surface area (Å²) in [4.78, 5) is 4.01. The van der Waals surface area contributed by atoms with Crippen LogP contribution in [0.2, 0.25) is 0 Å². The third-order valence-corrected chi connectivity index (χ3v) is 3.61. The van der Waals surface area contributed by atoms with E-state index < -0.39 is 11.2 Å². The number of aromatic nitrogens is 1. The van der Waals surface area contributed by atoms with Gasteiger partial charge in [-0.05, 0) is 13.3 Å². The summed E-state index contributed by atoms with van der Waals surface area (Å²) >= 11 is 2.28. The summed E-state index contributed by atoms with van der Waals surface area (Å²) in [6.07, 6.45) is -1.12. The van der Waals surface area contributed by atoms with E-state index in [9.17, 15) is 13.2 Å². The van der Waals surface area contributed by atoms with Crippen molar-refractivity contribution in [3.63, 3.8) is 0 Å². The molecule has 0 amide bonds. The molecule has 0 saturated heterocycles. The molecule has 0 radical (unpaired) electrons. The minimum absolute atomic E-state index is 0.0615. The van der Waals surface area contributed by atoms with Gasteiger partial charge < -0.3 is 5.32 Å². The first kappa shape index (κ1) is 12.8. The molecule has 1 rings (SSSR count). The number of thioether (sulfide) groups is 1. The van der Waals surface area contributed by atoms with Gasteiger partial charge in [0.1, 0.15) is 0 Å². The lowest BCUT2D eigenvalue weighted by atomic mass is 10.3. The summed E-state index contributed by atoms with van der Waals surface area (Å²) in [5.41, 5.74) is 0. The van der Waals surface area contributed by atoms with E-state index in [1.807, 2.05) is 6.26 Å². The molecule has 0 aliphatic rings. The average Bonchev–Trinajstić information content (AvgIpc) is 2.62. The molecule has 0 aliphatic heterocycles. The van der Waals surface area contributed by atoms with Crippen LogP contribution in [0.1, 0.15) is 15.9 Å². The molecule has 1 N–H and O–H groups in total. The third kappa shape index (κ3) is 3.35. The fourth-order valence-electron chi connectivity index (χ4n) is 1.05. The molecular weight excluding hydrogens is 245 g/mol. The van der Waals surface area contributed by atoms with Crippen LogP contribution >= 0.6 is 23.1 Å². The van der Waals surface area contributed by atoms with E-state index >= 15 is 0 Å². The molecule has 86 valence electrons. The highest BCUT2D eigenvalue weighted by atomic mass is 32.2. The minimum Gasteiger partial charge on any atom is -0.312 e. The zero-order valence-corrected chi connectivity index (χ0v) is 9.89. The van der Waals surface area contributed by atoms with E-state index in [0.717, 1.165) is 5.75 Å². The van der Waals surface area contributed by atoms with Crippen LogP contribution in [0.5, 0.6) is 0 Å². The number of halogens is 3. The minimum atomic E-state index is -4.33. The maximum absolute atomic E-state index is 12.3. The van der Waals surface area contributed by atoms with Crippen molar-refractivity contribution in [1.82, 2.24) is 10.3 Å². The van der Waals surface area contributed by atoms with Gasteiger partial charge in [0.2, 0.25) is 0 Å². The van der Waals surface area contributed by atoms with Gasteiger partial charge in [-0.15, -0.1) is 11.3 Å². The largest absolute Gasteiger partial charge is 0.443 e. The van der Waals surface area contributed by atoms with Gasteiger partial charge >= 0.3 is 6.18 Å². The van der Waals surface area contributed by atoms with Crippen LogP contribution in [0.15, 0.2) is 6.20 Å². The molecule has 1 unspecified atom stereocenters. The Morgan fingerprint density at radius 3 is 2.67 bits per heavy atom. The van der Waals surface area contributed by atoms with Crippen LogP contribution in [0.25, 0.3) is 0 Å². The van der Waals surface area contributed by atoms with Gasteiger partial charge in [0.25, 0.3) is 0 Å². The molecule has 1 aromatic rings. The first-order valence-corrected chi connectivity index (χ1v) is 6.39. The van der Waals surface area contributed by atoms with Gasteiger partial charge in [0.15, 0.2) is 5.01 Å². The third-order valence-electron chi connectivity index (χ3n) is 1.79. The first-order chi connectivity index (χ1) is 6.99. The van der Waals surface area contributed by atoms with Crippen LogP contribution in [-0.4, -0.2) is 24.0 Å². The maximum Gasteiger partial charge on any atom is 0.443 e. The molecule has 1 atom stereocenters. The summed E-state index contributed by atoms with van der Waals surface area (Å²) in [5, 5.41) is 2.19. The predicted octanol–water partition coefficient (Wildman–Crippen LogP) is 2.79. The number of alkyl halides is 3. The zero-order valence-electron chi connectivity index (χ0n) is 8.26. The Labute approximate surface area is 94.3 Å². The van der Waals surface area contributed by atoms with E-state index in [4.69, 9.17) is 0 Å². The van der Waals surface area contributed by atoms with E-state index in [2.05, 4.69) is 10.3 Å². The smallest absolute Gasteiger partial charge is 0.312 e. The Bertz CT molecular complexity index is 311. The summed E-state index contributed by atoms with van der Waals surface area (Å²) in [6.45, 7) is 0. The summed E-state index contributed by atoms with van der Waals surface area (Å²) in [6, 6.07) is -0.0615. The normalized spacial score (nSPS) is 14.2. The summed E-state index contributed by atoms with van der Waals surface area (Å²) in [5.74, 6) is 0.732. The molecule has 7 heteroatoms. The van der Waals surface area contributed by atoms with Crippen LogP contribution in [0.3, 0.4) is 0 Å². The quantitative estimate of drug-likeness (QED) is 0.896. The van der Waals surface area contributed by atoms with Crippen LogP contribution < -0.4 is 5.32 Å². The number of thiazole rings is 1. The Kier molecular flexibility index (Phi) is 4.42. The molecule has 1 aromatic heterocycles. The fraction of sp³-hybridized carbons (Fsp3) is 0.625. The lowest BCUT2D eigenvalue weighted by Crippen LogP contribution is -2.17. The molecule has 0 bridgehead atoms. The van der Waals surface area contributed by atoms with Crippen LogP contribution in [-0.2, 0) is 6.18 Å². The fourth-order valence-corrected chi connectivity index (χ4v) is 2.73. The van der Waals surface area contributed by atoms with Gasteiger partial charge in [-0.2, -0.15) is 24.9 Å². The topological polar surface area (TPSA) is 24.9 Å². The van der Waals surface area contributed by atoms with Crippen molar-refractivity contribution in [3.8, 4) is 0 Å². The van der Waals surface area contributed by atoms with Gasteiger partial charge in [-0.3, -0.25) is 0 Å². The predicted molar refractivity (Wildman–Crippen MR) is 57.3 cm³/mol. The van der Waals surface area contributed by atoms with E-state index in [0.29, 0.717) is 16.2 Å². The number of nitrogens with zero attached hydrogens (tertiary/aromatic N) is 1. The second-order valence-corrected chi connectivity index (χ2v) is 4.84. The van der Waals surface area contributed by atoms with E-state index in [-0.39, 0.29) is 6.04 Å². The van der Waals surface area contributed by atoms with Crippen molar-refractivity contribution in [2.24, 2.45) is 0 Å². The van der Waals surface area contributed by atoms with Crippen molar-refractivity contribution in [2.45, 2.75) is 12.2 Å². The van der Waals surface area contributed by atoms with Gasteiger partial charge in [0, 0.05) is 16.8 Å². The first-order valence-electron chi connectivity index (χ1n) is 4.18. The van der Waals surface area contributed by atoms with Gasteiger partial charge in [-0.1, -0.05) is 0 Å². The van der Waals surface area contributed by atoms with Gasteiger partial charge in [0.05, 0.1) is 6.04 Å². The molecule has 0 spiro atoms. The molecule has 0 aromatic carbocycles. The Morgan fingerprint density at radius 2 is 2.27 bits per heavy atom. The lowest BCUT2D eigenvalue weighted by molar-refractivity contribution is -0.137. The summed E-state index contributed by atoms with van der Waals surface area (Å²) in [7, 11) is 1.73. The molecule has 1 heterocycles. The van der Waals surface area contributed by atoms with Crippen molar-refractivity contribution in [3.05, 3.63) is 16.1 Å². The number of hydrogen-bond donors (Lipinski definition) is 1. The van der Waals surface area contributed by atoms with Crippen LogP contribution in [0, 0.1) is 0 Å². The van der Waals surface area contributed by atoms with Crippen molar-refractivity contribution in [1.29, 1.82) is 0 Å². The molecule has 15 heavy (non-hydrogen) atoms. The average molecular weight is 256 g/mol. The Hall–Kier alpha value is -0.270. The Morgan fingerprint density at radius 1 is 1.60 bits per heavy atom. The van der Waals surface area contributed by atoms with Gasteiger partial charge in [-0.25, -0.2) is 4.98 Å². The zero-order chi connectivity index (χ0) is 11.5. The van der Waals surface area contributed by atoms with E-state index in [1.165, 1.54) is 6.20 Å². The number of rotatable bonds is 4. The Balaban J connectivity index is 2.82. The summed E-state index contributed by atoms with van der Waals surface area (Å²) < 4.78 is 36.8. The number of hydrogen-bond acceptors (Lipinski definition) is 4. The standard InChI is InChI=1S/C8H11F3N2S2/c1-12-5(4-14-2)6-3-13-7(15-6)8(9,10)11/h3,5,12H,4H2,1-2H3. The second kappa shape index (κ2) is 5.18. The van der Waals surface area contributed by atoms with Crippen molar-refractivity contribution < 1.29 is 13.2 Å². The molecule has 0 fully saturated rings. The van der Waals surface area contributed by atoms with E-state index in [1.54, 1.807) is 18.8 Å². The lowest BCUT2D eigenvalue weighted by Gasteiger charge is -2.11. The molecule has 2 nitrogen and oxygen atoms in total. The highest BCUT2D eigenvalue weighted by molar-refractivity contribution is 7.98. The SMILES string of the molecule is CNC(CSC)c1cnc(C(F)(F)F)s1. The van der Waals surface area contributed by atoms with Crippen molar-refractivity contribution >= 4 is 23.1 Å². The molecular formula is C8H11F3N2S2. The van der Waals surface area contributed by atoms with Crippen LogP contribution in [0.4, 0.5) is 13.2 Å². The maximum atomic E-state index is 12.3. The monoisotopic (exact) mass is 256 g/mol. The number of nitrogens with one attached hydrogen (secondary N) is 1.